The van der Waals surface area contributed by atoms with Crippen LogP contribution in [0.4, 0.5) is 14.6 Å². The van der Waals surface area contributed by atoms with Crippen molar-refractivity contribution in [3.05, 3.63) is 47.5 Å². The van der Waals surface area contributed by atoms with Crippen molar-refractivity contribution in [1.82, 2.24) is 19.8 Å². The van der Waals surface area contributed by atoms with Gasteiger partial charge in [-0.05, 0) is 61.1 Å². The summed E-state index contributed by atoms with van der Waals surface area (Å²) in [5.74, 6) is -0.407. The molecule has 6 rings (SSSR count). The fourth-order valence-electron chi connectivity index (χ4n) is 4.16. The van der Waals surface area contributed by atoms with E-state index in [1.807, 2.05) is 12.1 Å². The lowest BCUT2D eigenvalue weighted by Gasteiger charge is -2.11. The molecular weight excluding hydrogens is 388 g/mol. The highest BCUT2D eigenvalue weighted by Gasteiger charge is 2.43. The van der Waals surface area contributed by atoms with Crippen LogP contribution in [0.1, 0.15) is 36.4 Å². The van der Waals surface area contributed by atoms with Gasteiger partial charge >= 0.3 is 0 Å². The highest BCUT2D eigenvalue weighted by molar-refractivity contribution is 5.99. The number of benzene rings is 1. The van der Waals surface area contributed by atoms with Gasteiger partial charge in [-0.3, -0.25) is 9.89 Å². The SMILES string of the molecule is Cc1c(F)cc2[nH]nc(C3CC3)c2c1-c1ccn2nc(NC(=O)[C@@H]3C[C@@H]3F)cc2c1. The molecule has 8 heteroatoms. The standard InChI is InChI=1S/C22H19F2N5O/c1-10-15(23)9-17-20(21(27-26-17)11-2-3-11)19(10)12-4-5-29-13(6-12)7-18(28-29)25-22(30)14-8-16(14)24/h4-7,9,11,14,16H,2-3,8H2,1H3,(H,26,27)(H,25,28,30)/t14-,16+/m1/s1. The Morgan fingerprint density at radius 1 is 1.30 bits per heavy atom. The summed E-state index contributed by atoms with van der Waals surface area (Å²) in [5, 5.41) is 15.4. The van der Waals surface area contributed by atoms with E-state index in [1.54, 1.807) is 23.7 Å². The van der Waals surface area contributed by atoms with Crippen LogP contribution >= 0.6 is 0 Å². The Bertz CT molecular complexity index is 1340. The number of pyridine rings is 1. The summed E-state index contributed by atoms with van der Waals surface area (Å²) in [6, 6.07) is 7.05. The number of hydrogen-bond donors (Lipinski definition) is 2. The molecule has 6 nitrogen and oxygen atoms in total. The molecule has 0 aliphatic heterocycles. The normalized spacial score (nSPS) is 20.8. The second-order valence-corrected chi connectivity index (χ2v) is 8.33. The minimum absolute atomic E-state index is 0.270. The number of amides is 1. The van der Waals surface area contributed by atoms with Crippen molar-refractivity contribution in [2.45, 2.75) is 38.3 Å². The Labute approximate surface area is 170 Å². The molecule has 2 aliphatic rings. The number of rotatable bonds is 4. The number of halogens is 2. The Hall–Kier alpha value is -3.29. The molecule has 152 valence electrons. The van der Waals surface area contributed by atoms with Crippen LogP contribution in [0, 0.1) is 18.7 Å². The first kappa shape index (κ1) is 17.6. The number of nitrogens with one attached hydrogen (secondary N) is 2. The number of aromatic amines is 1. The van der Waals surface area contributed by atoms with Crippen LogP contribution < -0.4 is 5.32 Å². The number of H-pyrrole nitrogens is 1. The van der Waals surface area contributed by atoms with Gasteiger partial charge in [0, 0.05) is 23.6 Å². The molecule has 0 spiro atoms. The summed E-state index contributed by atoms with van der Waals surface area (Å²) in [6.45, 7) is 1.78. The second-order valence-electron chi connectivity index (χ2n) is 8.33. The van der Waals surface area contributed by atoms with Crippen molar-refractivity contribution >= 4 is 28.1 Å². The molecule has 2 saturated carbocycles. The number of carbonyl (C=O) groups excluding carboxylic acids is 1. The second kappa shape index (κ2) is 6.10. The zero-order chi connectivity index (χ0) is 20.6. The molecular formula is C22H19F2N5O. The zero-order valence-corrected chi connectivity index (χ0v) is 16.2. The van der Waals surface area contributed by atoms with Gasteiger partial charge in [-0.15, -0.1) is 0 Å². The molecule has 1 aromatic carbocycles. The molecule has 1 amide bonds. The van der Waals surface area contributed by atoms with Gasteiger partial charge in [0.05, 0.1) is 22.6 Å². The molecule has 0 unspecified atom stereocenters. The molecule has 2 atom stereocenters. The lowest BCUT2D eigenvalue weighted by molar-refractivity contribution is -0.117. The van der Waals surface area contributed by atoms with Crippen molar-refractivity contribution in [2.75, 3.05) is 5.32 Å². The van der Waals surface area contributed by atoms with E-state index < -0.39 is 12.1 Å². The molecule has 0 radical (unpaired) electrons. The van der Waals surface area contributed by atoms with Gasteiger partial charge in [-0.25, -0.2) is 13.3 Å². The van der Waals surface area contributed by atoms with Crippen molar-refractivity contribution < 1.29 is 13.6 Å². The van der Waals surface area contributed by atoms with Crippen molar-refractivity contribution in [3.63, 3.8) is 0 Å². The Morgan fingerprint density at radius 3 is 2.83 bits per heavy atom. The van der Waals surface area contributed by atoms with Crippen molar-refractivity contribution in [1.29, 1.82) is 0 Å². The van der Waals surface area contributed by atoms with Gasteiger partial charge in [0.25, 0.3) is 0 Å². The Morgan fingerprint density at radius 2 is 2.10 bits per heavy atom. The third-order valence-electron chi connectivity index (χ3n) is 6.09. The zero-order valence-electron chi connectivity index (χ0n) is 16.2. The highest BCUT2D eigenvalue weighted by atomic mass is 19.1. The number of aromatic nitrogens is 4. The van der Waals surface area contributed by atoms with E-state index in [4.69, 9.17) is 0 Å². The van der Waals surface area contributed by atoms with Crippen LogP contribution in [-0.2, 0) is 4.79 Å². The number of anilines is 1. The van der Waals surface area contributed by atoms with E-state index >= 15 is 0 Å². The summed E-state index contributed by atoms with van der Waals surface area (Å²) in [5.41, 5.74) is 4.70. The summed E-state index contributed by atoms with van der Waals surface area (Å²) in [6.07, 6.45) is 3.19. The van der Waals surface area contributed by atoms with Crippen LogP contribution in [-0.4, -0.2) is 31.9 Å². The summed E-state index contributed by atoms with van der Waals surface area (Å²) < 4.78 is 29.4. The van der Waals surface area contributed by atoms with Gasteiger partial charge in [0.15, 0.2) is 5.82 Å². The Balaban J connectivity index is 1.45. The highest BCUT2D eigenvalue weighted by Crippen LogP contribution is 2.45. The molecule has 2 N–H and O–H groups in total. The fourth-order valence-corrected chi connectivity index (χ4v) is 4.16. The van der Waals surface area contributed by atoms with Crippen LogP contribution in [0.15, 0.2) is 30.5 Å². The third-order valence-corrected chi connectivity index (χ3v) is 6.09. The Kier molecular flexibility index (Phi) is 3.57. The summed E-state index contributed by atoms with van der Waals surface area (Å²) >= 11 is 0. The van der Waals surface area contributed by atoms with E-state index in [-0.39, 0.29) is 18.1 Å². The van der Waals surface area contributed by atoms with Gasteiger partial charge in [0.1, 0.15) is 12.0 Å². The van der Waals surface area contributed by atoms with E-state index in [1.165, 1.54) is 6.07 Å². The number of hydrogen-bond acceptors (Lipinski definition) is 3. The monoisotopic (exact) mass is 407 g/mol. The number of alkyl halides is 1. The molecule has 0 bridgehead atoms. The molecule has 2 aliphatic carbocycles. The maximum Gasteiger partial charge on any atom is 0.231 e. The first-order valence-electron chi connectivity index (χ1n) is 10.1. The summed E-state index contributed by atoms with van der Waals surface area (Å²) in [7, 11) is 0. The van der Waals surface area contributed by atoms with Crippen molar-refractivity contribution in [3.8, 4) is 11.1 Å². The van der Waals surface area contributed by atoms with Crippen LogP contribution in [0.2, 0.25) is 0 Å². The van der Waals surface area contributed by atoms with Crippen LogP contribution in [0.3, 0.4) is 0 Å². The summed E-state index contributed by atoms with van der Waals surface area (Å²) in [4.78, 5) is 12.0. The van der Waals surface area contributed by atoms with E-state index in [0.717, 1.165) is 40.6 Å². The first-order valence-corrected chi connectivity index (χ1v) is 10.1. The average Bonchev–Trinajstić information content (AvgIpc) is 3.61. The molecule has 4 aromatic rings. The predicted octanol–water partition coefficient (Wildman–Crippen LogP) is 4.50. The van der Waals surface area contributed by atoms with Gasteiger partial charge < -0.3 is 5.32 Å². The van der Waals surface area contributed by atoms with Gasteiger partial charge in [-0.1, -0.05) is 0 Å². The molecule has 3 aromatic heterocycles. The molecule has 0 saturated heterocycles. The average molecular weight is 407 g/mol. The van der Waals surface area contributed by atoms with Crippen LogP contribution in [0.5, 0.6) is 0 Å². The maximum atomic E-state index is 14.7. The number of fused-ring (bicyclic) bond motifs is 2. The number of carbonyl (C=O) groups is 1. The maximum absolute atomic E-state index is 14.7. The molecule has 2 fully saturated rings. The van der Waals surface area contributed by atoms with Gasteiger partial charge in [-0.2, -0.15) is 10.2 Å². The van der Waals surface area contributed by atoms with E-state index in [2.05, 4.69) is 20.6 Å². The van der Waals surface area contributed by atoms with E-state index in [0.29, 0.717) is 22.8 Å². The lowest BCUT2D eigenvalue weighted by atomic mass is 9.94. The van der Waals surface area contributed by atoms with Crippen LogP contribution in [0.25, 0.3) is 27.5 Å². The number of nitrogens with zero attached hydrogens (tertiary/aromatic N) is 3. The fraction of sp³-hybridized carbons (Fsp3) is 0.318. The van der Waals surface area contributed by atoms with Gasteiger partial charge in [0.2, 0.25) is 5.91 Å². The smallest absolute Gasteiger partial charge is 0.231 e. The lowest BCUT2D eigenvalue weighted by Crippen LogP contribution is -2.15. The minimum atomic E-state index is -1.05. The topological polar surface area (TPSA) is 75.1 Å². The minimum Gasteiger partial charge on any atom is -0.309 e. The third kappa shape index (κ3) is 2.70. The molecule has 30 heavy (non-hydrogen) atoms. The predicted molar refractivity (Wildman–Crippen MR) is 109 cm³/mol. The quantitative estimate of drug-likeness (QED) is 0.523. The largest absolute Gasteiger partial charge is 0.309 e. The van der Waals surface area contributed by atoms with E-state index in [9.17, 15) is 13.6 Å². The molecule has 3 heterocycles. The van der Waals surface area contributed by atoms with Crippen molar-refractivity contribution in [2.24, 2.45) is 5.92 Å². The first-order chi connectivity index (χ1) is 14.5.